The van der Waals surface area contributed by atoms with Crippen molar-refractivity contribution >= 4 is 28.9 Å². The van der Waals surface area contributed by atoms with Gasteiger partial charge in [-0.2, -0.15) is 0 Å². The first-order valence-electron chi connectivity index (χ1n) is 7.88. The van der Waals surface area contributed by atoms with E-state index in [4.69, 9.17) is 21.8 Å². The van der Waals surface area contributed by atoms with Crippen molar-refractivity contribution in [2.75, 3.05) is 44.4 Å². The van der Waals surface area contributed by atoms with Gasteiger partial charge < -0.3 is 19.8 Å². The molecule has 0 amide bonds. The van der Waals surface area contributed by atoms with E-state index in [1.54, 1.807) is 19.1 Å². The monoisotopic (exact) mass is 353 g/mol. The molecule has 2 fully saturated rings. The molecule has 1 N–H and O–H groups in total. The molecule has 130 valence electrons. The average Bonchev–Trinajstić information content (AvgIpc) is 2.94. The number of carbonyl (C=O) groups is 1. The second-order valence-electron chi connectivity index (χ2n) is 5.83. The molecule has 0 saturated carbocycles. The minimum Gasteiger partial charge on any atom is -0.378 e. The molecule has 2 saturated heterocycles. The van der Waals surface area contributed by atoms with E-state index in [1.165, 1.54) is 11.1 Å². The van der Waals surface area contributed by atoms with E-state index in [1.807, 2.05) is 4.90 Å². The molecule has 0 spiro atoms. The molecule has 24 heavy (non-hydrogen) atoms. The summed E-state index contributed by atoms with van der Waals surface area (Å²) in [5.74, 6) is -1.20. The van der Waals surface area contributed by atoms with Gasteiger partial charge in [0, 0.05) is 13.1 Å². The number of hydrogen-bond donors (Lipinski definition) is 1. The number of nitrogens with zero attached hydrogens (tertiary/aromatic N) is 2. The highest BCUT2D eigenvalue weighted by Crippen LogP contribution is 2.29. The standard InChI is InChI=1S/C16H20FN3O3S/c1-11(24)18-10-20-9-13(16(21)23-20)12-2-3-15(14(17)8-12)19-4-6-22-7-5-19/h2-3,8,13H,4-7,9-10H2,1H3,(H,18,24). The van der Waals surface area contributed by atoms with Gasteiger partial charge in [0.2, 0.25) is 0 Å². The Hall–Kier alpha value is -1.77. The van der Waals surface area contributed by atoms with E-state index in [0.717, 1.165) is 0 Å². The lowest BCUT2D eigenvalue weighted by Gasteiger charge is -2.29. The Labute approximate surface area is 145 Å². The number of hydrogen-bond acceptors (Lipinski definition) is 6. The van der Waals surface area contributed by atoms with Gasteiger partial charge >= 0.3 is 5.97 Å². The smallest absolute Gasteiger partial charge is 0.333 e. The number of halogens is 1. The number of morpholine rings is 1. The summed E-state index contributed by atoms with van der Waals surface area (Å²) >= 11 is 4.93. The molecular formula is C16H20FN3O3S. The number of anilines is 1. The van der Waals surface area contributed by atoms with E-state index < -0.39 is 5.92 Å². The summed E-state index contributed by atoms with van der Waals surface area (Å²) in [6.45, 7) is 4.96. The normalized spacial score (nSPS) is 21.7. The summed E-state index contributed by atoms with van der Waals surface area (Å²) in [7, 11) is 0. The van der Waals surface area contributed by atoms with Crippen LogP contribution < -0.4 is 10.2 Å². The van der Waals surface area contributed by atoms with Crippen LogP contribution in [-0.2, 0) is 14.4 Å². The van der Waals surface area contributed by atoms with Crippen LogP contribution in [0.25, 0.3) is 0 Å². The van der Waals surface area contributed by atoms with Crippen molar-refractivity contribution in [1.29, 1.82) is 0 Å². The lowest BCUT2D eigenvalue weighted by Crippen LogP contribution is -2.36. The molecule has 2 aliphatic heterocycles. The van der Waals surface area contributed by atoms with Gasteiger partial charge in [-0.1, -0.05) is 18.3 Å². The fraction of sp³-hybridized carbons (Fsp3) is 0.500. The molecule has 1 atom stereocenters. The molecule has 3 rings (SSSR count). The Kier molecular flexibility index (Phi) is 5.27. The van der Waals surface area contributed by atoms with Gasteiger partial charge in [-0.3, -0.25) is 0 Å². The number of thiocarbonyl (C=S) groups is 1. The van der Waals surface area contributed by atoms with E-state index in [0.29, 0.717) is 55.8 Å². The first kappa shape index (κ1) is 17.1. The third-order valence-corrected chi connectivity index (χ3v) is 4.26. The van der Waals surface area contributed by atoms with Crippen LogP contribution >= 0.6 is 12.2 Å². The highest BCUT2D eigenvalue weighted by Gasteiger charge is 2.35. The molecule has 0 radical (unpaired) electrons. The van der Waals surface area contributed by atoms with Crippen molar-refractivity contribution in [3.05, 3.63) is 29.6 Å². The maximum absolute atomic E-state index is 14.5. The first-order chi connectivity index (χ1) is 11.5. The van der Waals surface area contributed by atoms with Crippen LogP contribution in [0.5, 0.6) is 0 Å². The molecule has 1 aromatic rings. The minimum absolute atomic E-state index is 0.325. The Bertz CT molecular complexity index is 637. The molecule has 1 aromatic carbocycles. The van der Waals surface area contributed by atoms with Crippen molar-refractivity contribution < 1.29 is 18.8 Å². The summed E-state index contributed by atoms with van der Waals surface area (Å²) in [6, 6.07) is 4.95. The highest BCUT2D eigenvalue weighted by molar-refractivity contribution is 7.80. The second kappa shape index (κ2) is 7.42. The Morgan fingerprint density at radius 1 is 1.42 bits per heavy atom. The van der Waals surface area contributed by atoms with Crippen molar-refractivity contribution in [2.45, 2.75) is 12.8 Å². The number of hydroxylamine groups is 2. The fourth-order valence-electron chi connectivity index (χ4n) is 2.84. The zero-order valence-corrected chi connectivity index (χ0v) is 14.3. The van der Waals surface area contributed by atoms with Crippen LogP contribution in [0.1, 0.15) is 18.4 Å². The van der Waals surface area contributed by atoms with E-state index in [2.05, 4.69) is 5.32 Å². The topological polar surface area (TPSA) is 54.0 Å². The van der Waals surface area contributed by atoms with Gasteiger partial charge in [-0.25, -0.2) is 9.18 Å². The zero-order valence-electron chi connectivity index (χ0n) is 13.5. The minimum atomic E-state index is -0.495. The molecule has 2 aliphatic rings. The van der Waals surface area contributed by atoms with Crippen LogP contribution in [-0.4, -0.2) is 55.5 Å². The number of carbonyl (C=O) groups excluding carboxylic acids is 1. The third kappa shape index (κ3) is 3.82. The fourth-order valence-corrected chi connectivity index (χ4v) is 2.91. The van der Waals surface area contributed by atoms with Crippen molar-refractivity contribution in [3.8, 4) is 0 Å². The van der Waals surface area contributed by atoms with E-state index >= 15 is 0 Å². The molecule has 2 heterocycles. The molecule has 8 heteroatoms. The van der Waals surface area contributed by atoms with Crippen LogP contribution in [0.15, 0.2) is 18.2 Å². The summed E-state index contributed by atoms with van der Waals surface area (Å²) in [5, 5.41) is 4.43. The van der Waals surface area contributed by atoms with Crippen LogP contribution in [0, 0.1) is 5.82 Å². The number of ether oxygens (including phenoxy) is 1. The second-order valence-corrected chi connectivity index (χ2v) is 6.44. The molecule has 0 aromatic heterocycles. The quantitative estimate of drug-likeness (QED) is 0.822. The Balaban J connectivity index is 1.69. The number of nitrogens with one attached hydrogen (secondary N) is 1. The highest BCUT2D eigenvalue weighted by atomic mass is 32.1. The predicted octanol–water partition coefficient (Wildman–Crippen LogP) is 1.41. The maximum Gasteiger partial charge on any atom is 0.333 e. The van der Waals surface area contributed by atoms with Gasteiger partial charge in [0.05, 0.1) is 36.4 Å². The SMILES string of the molecule is CC(=S)NCN1CC(c2ccc(N3CCOCC3)c(F)c2)C(=O)O1. The van der Waals surface area contributed by atoms with Gasteiger partial charge in [-0.05, 0) is 24.6 Å². The lowest BCUT2D eigenvalue weighted by molar-refractivity contribution is -0.170. The number of benzene rings is 1. The molecule has 0 aliphatic carbocycles. The molecular weight excluding hydrogens is 333 g/mol. The first-order valence-corrected chi connectivity index (χ1v) is 8.29. The van der Waals surface area contributed by atoms with E-state index in [-0.39, 0.29) is 11.8 Å². The number of rotatable bonds is 4. The Morgan fingerprint density at radius 3 is 2.83 bits per heavy atom. The maximum atomic E-state index is 14.5. The average molecular weight is 353 g/mol. The van der Waals surface area contributed by atoms with Gasteiger partial charge in [0.25, 0.3) is 0 Å². The van der Waals surface area contributed by atoms with E-state index in [9.17, 15) is 9.18 Å². The van der Waals surface area contributed by atoms with Crippen LogP contribution in [0.3, 0.4) is 0 Å². The van der Waals surface area contributed by atoms with Crippen LogP contribution in [0.4, 0.5) is 10.1 Å². The largest absolute Gasteiger partial charge is 0.378 e. The van der Waals surface area contributed by atoms with Crippen molar-refractivity contribution in [2.24, 2.45) is 0 Å². The molecule has 6 nitrogen and oxygen atoms in total. The zero-order chi connectivity index (χ0) is 17.1. The van der Waals surface area contributed by atoms with Gasteiger partial charge in [0.1, 0.15) is 12.5 Å². The summed E-state index contributed by atoms with van der Waals surface area (Å²) in [6.07, 6.45) is 0. The van der Waals surface area contributed by atoms with Crippen LogP contribution in [0.2, 0.25) is 0 Å². The summed E-state index contributed by atoms with van der Waals surface area (Å²) in [5.41, 5.74) is 1.17. The lowest BCUT2D eigenvalue weighted by atomic mass is 9.99. The van der Waals surface area contributed by atoms with Crippen molar-refractivity contribution in [1.82, 2.24) is 10.4 Å². The van der Waals surface area contributed by atoms with Gasteiger partial charge in [-0.15, -0.1) is 5.06 Å². The molecule has 1 unspecified atom stereocenters. The predicted molar refractivity (Wildman–Crippen MR) is 91.2 cm³/mol. The third-order valence-electron chi connectivity index (χ3n) is 4.12. The van der Waals surface area contributed by atoms with Crippen molar-refractivity contribution in [3.63, 3.8) is 0 Å². The molecule has 0 bridgehead atoms. The summed E-state index contributed by atoms with van der Waals surface area (Å²) in [4.78, 5) is 19.8. The summed E-state index contributed by atoms with van der Waals surface area (Å²) < 4.78 is 19.8. The van der Waals surface area contributed by atoms with Gasteiger partial charge in [0.15, 0.2) is 0 Å². The Morgan fingerprint density at radius 2 is 2.17 bits per heavy atom.